The number of nitrogens with one attached hydrogen (secondary N) is 4. The van der Waals surface area contributed by atoms with Crippen molar-refractivity contribution >= 4 is 29.5 Å². The first-order valence-electron chi connectivity index (χ1n) is 21.6. The first-order valence-corrected chi connectivity index (χ1v) is 22.7. The van der Waals surface area contributed by atoms with Gasteiger partial charge in [-0.1, -0.05) is 20.4 Å². The van der Waals surface area contributed by atoms with Gasteiger partial charge in [0.2, 0.25) is 17.7 Å². The van der Waals surface area contributed by atoms with E-state index < -0.39 is 97.7 Å². The highest BCUT2D eigenvalue weighted by Gasteiger charge is 2.63. The zero-order chi connectivity index (χ0) is 47.5. The van der Waals surface area contributed by atoms with Crippen molar-refractivity contribution < 1.29 is 78.6 Å². The first kappa shape index (κ1) is 57.0. The van der Waals surface area contributed by atoms with E-state index in [0.29, 0.717) is 30.7 Å². The van der Waals surface area contributed by atoms with Crippen molar-refractivity contribution in [3.8, 4) is 0 Å². The lowest BCUT2D eigenvalue weighted by molar-refractivity contribution is -0.330. The fourth-order valence-electron chi connectivity index (χ4n) is 6.87. The predicted molar refractivity (Wildman–Crippen MR) is 230 cm³/mol. The topological polar surface area (TPSA) is 348 Å². The highest BCUT2D eigenvalue weighted by Crippen LogP contribution is 2.40. The first-order chi connectivity index (χ1) is 29.6. The van der Waals surface area contributed by atoms with E-state index in [1.54, 1.807) is 27.7 Å². The molecule has 2 heterocycles. The Hall–Kier alpha value is -2.14. The molecule has 0 spiro atoms. The molecule has 2 saturated heterocycles. The molecule has 2 rings (SSSR count). The van der Waals surface area contributed by atoms with Crippen LogP contribution in [0.5, 0.6) is 0 Å². The van der Waals surface area contributed by atoms with Crippen molar-refractivity contribution in [2.75, 3.05) is 51.0 Å². The molecule has 0 saturated carbocycles. The molecule has 63 heavy (non-hydrogen) atoms. The van der Waals surface area contributed by atoms with Crippen LogP contribution in [0, 0.1) is 0 Å². The highest BCUT2D eigenvalue weighted by atomic mass is 32.2. The average molecular weight is 929 g/mol. The number of fused-ring (bicyclic) bond motifs is 1. The van der Waals surface area contributed by atoms with Gasteiger partial charge in [0.25, 0.3) is 0 Å². The molecule has 15 unspecified atom stereocenters. The third-order valence-corrected chi connectivity index (χ3v) is 11.9. The number of hydrogen-bond acceptors (Lipinski definition) is 20. The zero-order valence-electron chi connectivity index (χ0n) is 37.5. The van der Waals surface area contributed by atoms with Gasteiger partial charge in [0.1, 0.15) is 54.7 Å². The van der Waals surface area contributed by atoms with E-state index in [-0.39, 0.29) is 75.6 Å². The Labute approximate surface area is 374 Å². The van der Waals surface area contributed by atoms with Crippen molar-refractivity contribution in [2.24, 2.45) is 11.5 Å². The summed E-state index contributed by atoms with van der Waals surface area (Å²) in [6.45, 7) is 12.7. The molecule has 368 valence electrons. The normalized spacial score (nSPS) is 26.9. The number of carbonyl (C=O) groups excluding carboxylic acids is 3. The maximum Gasteiger partial charge on any atom is 0.230 e. The molecule has 0 radical (unpaired) electrons. The van der Waals surface area contributed by atoms with Gasteiger partial charge in [0, 0.05) is 31.6 Å². The molecule has 22 nitrogen and oxygen atoms in total. The minimum atomic E-state index is -1.60. The third kappa shape index (κ3) is 18.2. The average Bonchev–Trinajstić information content (AvgIpc) is 3.20. The summed E-state index contributed by atoms with van der Waals surface area (Å²) in [6, 6.07) is -0.738. The van der Waals surface area contributed by atoms with Gasteiger partial charge in [-0.3, -0.25) is 19.7 Å². The van der Waals surface area contributed by atoms with Crippen LogP contribution in [0.1, 0.15) is 80.1 Å². The monoisotopic (exact) mass is 929 g/mol. The Balaban J connectivity index is 1.86. The molecule has 15 N–H and O–H groups in total. The van der Waals surface area contributed by atoms with Gasteiger partial charge in [-0.25, -0.2) is 0 Å². The molecule has 0 aromatic heterocycles. The Morgan fingerprint density at radius 1 is 0.937 bits per heavy atom. The molecule has 3 amide bonds. The van der Waals surface area contributed by atoms with Crippen LogP contribution in [-0.2, 0) is 42.8 Å². The van der Waals surface area contributed by atoms with Crippen LogP contribution >= 0.6 is 11.8 Å². The fraction of sp³-hybridized carbons (Fsp3) is 0.875. The predicted octanol–water partition coefficient (Wildman–Crippen LogP) is -3.28. The van der Waals surface area contributed by atoms with Gasteiger partial charge in [0.05, 0.1) is 56.0 Å². The molecule has 23 heteroatoms. The van der Waals surface area contributed by atoms with Crippen LogP contribution in [-0.4, -0.2) is 196 Å². The second kappa shape index (κ2) is 28.1. The summed E-state index contributed by atoms with van der Waals surface area (Å²) in [6.07, 6.45) is -12.9. The second-order valence-electron chi connectivity index (χ2n) is 16.2. The Kier molecular flexibility index (Phi) is 25.4. The van der Waals surface area contributed by atoms with Crippen LogP contribution in [0.4, 0.5) is 0 Å². The zero-order valence-corrected chi connectivity index (χ0v) is 38.3. The minimum absolute atomic E-state index is 0.0326. The summed E-state index contributed by atoms with van der Waals surface area (Å²) in [4.78, 5) is 35.8. The number of ether oxygens (including phenoxy) is 6. The van der Waals surface area contributed by atoms with Crippen molar-refractivity contribution in [3.63, 3.8) is 0 Å². The van der Waals surface area contributed by atoms with Crippen LogP contribution < -0.4 is 32.7 Å². The Morgan fingerprint density at radius 3 is 2.17 bits per heavy atom. The lowest BCUT2D eigenvalue weighted by atomic mass is 9.78. The van der Waals surface area contributed by atoms with Crippen LogP contribution in [0.2, 0.25) is 0 Å². The van der Waals surface area contributed by atoms with Crippen LogP contribution in [0.15, 0.2) is 12.3 Å². The molecule has 0 aromatic carbocycles. The summed E-state index contributed by atoms with van der Waals surface area (Å²) in [5.41, 5.74) is 9.60. The van der Waals surface area contributed by atoms with Crippen molar-refractivity contribution in [2.45, 2.75) is 171 Å². The van der Waals surface area contributed by atoms with E-state index in [1.165, 1.54) is 25.6 Å². The van der Waals surface area contributed by atoms with Gasteiger partial charge in [-0.05, 0) is 59.1 Å². The third-order valence-electron chi connectivity index (χ3n) is 10.9. The van der Waals surface area contributed by atoms with E-state index in [2.05, 4.69) is 27.8 Å². The number of thioether (sulfide) groups is 1. The number of allylic oxidation sites excluding steroid dienone is 1. The molecule has 2 aliphatic rings. The number of aliphatic hydroxyl groups excluding tert-OH is 7. The number of aliphatic hydroxyl groups is 7. The van der Waals surface area contributed by atoms with E-state index >= 15 is 0 Å². The highest BCUT2D eigenvalue weighted by molar-refractivity contribution is 7.99. The molecular weight excluding hydrogens is 853 g/mol. The van der Waals surface area contributed by atoms with Crippen molar-refractivity contribution in [1.29, 1.82) is 0 Å². The number of rotatable bonds is 33. The van der Waals surface area contributed by atoms with Crippen LogP contribution in [0.3, 0.4) is 0 Å². The lowest BCUT2D eigenvalue weighted by Gasteiger charge is -2.60. The van der Waals surface area contributed by atoms with Gasteiger partial charge in [-0.2, -0.15) is 11.8 Å². The molecule has 0 bridgehead atoms. The van der Waals surface area contributed by atoms with E-state index in [4.69, 9.17) is 39.9 Å². The Bertz CT molecular complexity index is 1390. The van der Waals surface area contributed by atoms with E-state index in [9.17, 15) is 50.1 Å². The maximum absolute atomic E-state index is 12.3. The molecule has 2 fully saturated rings. The molecule has 0 aromatic rings. The smallest absolute Gasteiger partial charge is 0.230 e. The number of hydrogen-bond donors (Lipinski definition) is 13. The number of amides is 3. The standard InChI is InChI=1S/C40H76N6O16S/c1-8-39(7,35(36(41)55)60-25(18-47)23(5)48)58-20-27-32(53)33(54)31-34(61-27)40(9-2,46-31)59-19-26(24(6)49)62-38(37(42)56)57-16-11-14-43-28(50)12-10-17-63-21-30(52)44-15-13-29(51)45-22(3)4/h23-27,31-38,46-49,53-56H,3,8-21,41-42H2,1-2,4-7H3,(H,43,50)(H,44,52)(H,45,51). The SMILES string of the molecule is C=C(C)NC(=O)CCNC(=O)CSCCCC(=O)NCCCOC(OC(COC1(CC)NC2C(O)C(O)C(COC(C)(CC)C(OC(CO)C(C)O)C(N)O)OC21)C(C)O)C(N)O. The van der Waals surface area contributed by atoms with Gasteiger partial charge >= 0.3 is 0 Å². The quantitative estimate of drug-likeness (QED) is 0.0227. The van der Waals surface area contributed by atoms with E-state index in [1.807, 2.05) is 0 Å². The largest absolute Gasteiger partial charge is 0.394 e. The maximum atomic E-state index is 12.3. The molecule has 15 atom stereocenters. The van der Waals surface area contributed by atoms with Crippen molar-refractivity contribution in [1.82, 2.24) is 21.3 Å². The van der Waals surface area contributed by atoms with Crippen molar-refractivity contribution in [3.05, 3.63) is 12.3 Å². The summed E-state index contributed by atoms with van der Waals surface area (Å²) in [5.74, 6) is 0.184. The summed E-state index contributed by atoms with van der Waals surface area (Å²) >= 11 is 1.38. The Morgan fingerprint density at radius 2 is 1.60 bits per heavy atom. The van der Waals surface area contributed by atoms with E-state index in [0.717, 1.165) is 0 Å². The molecule has 2 aliphatic heterocycles. The summed E-state index contributed by atoms with van der Waals surface area (Å²) in [5, 5.41) is 84.2. The molecule has 0 aliphatic carbocycles. The summed E-state index contributed by atoms with van der Waals surface area (Å²) < 4.78 is 36.0. The minimum Gasteiger partial charge on any atom is -0.394 e. The second-order valence-corrected chi connectivity index (χ2v) is 17.3. The summed E-state index contributed by atoms with van der Waals surface area (Å²) in [7, 11) is 0. The van der Waals surface area contributed by atoms with Gasteiger partial charge in [-0.15, -0.1) is 0 Å². The van der Waals surface area contributed by atoms with Gasteiger partial charge in [0.15, 0.2) is 12.5 Å². The lowest BCUT2D eigenvalue weighted by Crippen LogP contribution is -2.84. The number of carbonyl (C=O) groups is 3. The number of nitrogens with two attached hydrogens (primary N) is 2. The van der Waals surface area contributed by atoms with Gasteiger partial charge < -0.3 is 91.6 Å². The fourth-order valence-corrected chi connectivity index (χ4v) is 7.65. The van der Waals surface area contributed by atoms with Crippen LogP contribution in [0.25, 0.3) is 0 Å². The molecular formula is C40H76N6O16S.